The van der Waals surface area contributed by atoms with E-state index in [-0.39, 0.29) is 23.7 Å². The molecule has 200 valence electrons. The predicted molar refractivity (Wildman–Crippen MR) is 152 cm³/mol. The topological polar surface area (TPSA) is 90.8 Å². The number of anilines is 1. The summed E-state index contributed by atoms with van der Waals surface area (Å²) in [5.74, 6) is 0.812. The van der Waals surface area contributed by atoms with E-state index in [4.69, 9.17) is 14.7 Å². The van der Waals surface area contributed by atoms with Gasteiger partial charge in [0.1, 0.15) is 12.4 Å². The molecule has 2 N–H and O–H groups in total. The van der Waals surface area contributed by atoms with Crippen LogP contribution >= 0.6 is 0 Å². The van der Waals surface area contributed by atoms with Crippen LogP contribution in [0.2, 0.25) is 0 Å². The molecule has 3 aliphatic rings. The van der Waals surface area contributed by atoms with Gasteiger partial charge in [-0.3, -0.25) is 14.6 Å². The van der Waals surface area contributed by atoms with Gasteiger partial charge in [0.05, 0.1) is 17.6 Å². The number of nitrogens with one attached hydrogen (secondary N) is 1. The zero-order chi connectivity index (χ0) is 26.6. The van der Waals surface area contributed by atoms with Gasteiger partial charge in [0, 0.05) is 18.5 Å². The Labute approximate surface area is 227 Å². The molecule has 3 aromatic carbocycles. The molecule has 8 nitrogen and oxygen atoms in total. The second kappa shape index (κ2) is 9.47. The van der Waals surface area contributed by atoms with Gasteiger partial charge >= 0.3 is 6.01 Å². The Morgan fingerprint density at radius 1 is 1.00 bits per heavy atom. The number of phenolic OH excluding ortho intramolecular Hbond substituents is 1. The van der Waals surface area contributed by atoms with Crippen LogP contribution in [0.3, 0.4) is 0 Å². The van der Waals surface area contributed by atoms with Crippen LogP contribution in [0.15, 0.2) is 48.5 Å². The molecule has 3 fully saturated rings. The van der Waals surface area contributed by atoms with Crippen molar-refractivity contribution in [2.24, 2.45) is 0 Å². The van der Waals surface area contributed by atoms with Crippen molar-refractivity contribution in [3.63, 3.8) is 0 Å². The lowest BCUT2D eigenvalue weighted by Crippen LogP contribution is -2.48. The van der Waals surface area contributed by atoms with E-state index in [1.54, 1.807) is 11.0 Å². The maximum absolute atomic E-state index is 13.0. The van der Waals surface area contributed by atoms with Crippen LogP contribution in [-0.2, 0) is 4.79 Å². The molecule has 0 bridgehead atoms. The molecule has 0 radical (unpaired) electrons. The van der Waals surface area contributed by atoms with Crippen molar-refractivity contribution in [1.82, 2.24) is 20.2 Å². The normalized spacial score (nSPS) is 19.2. The van der Waals surface area contributed by atoms with E-state index >= 15 is 0 Å². The minimum absolute atomic E-state index is 0.00994. The highest BCUT2D eigenvalue weighted by molar-refractivity contribution is 6.06. The molecular formula is C31H33N5O3. The lowest BCUT2D eigenvalue weighted by atomic mass is 9.93. The smallest absolute Gasteiger partial charge is 0.319 e. The number of aryl methyl sites for hydroxylation is 1. The molecule has 39 heavy (non-hydrogen) atoms. The third-order valence-corrected chi connectivity index (χ3v) is 8.84. The molecular weight excluding hydrogens is 490 g/mol. The highest BCUT2D eigenvalue weighted by Crippen LogP contribution is 2.41. The molecule has 1 aromatic heterocycles. The highest BCUT2D eigenvalue weighted by Gasteiger charge is 2.45. The molecule has 4 aromatic rings. The Morgan fingerprint density at radius 3 is 2.64 bits per heavy atom. The number of amides is 1. The monoisotopic (exact) mass is 523 g/mol. The maximum Gasteiger partial charge on any atom is 0.319 e. The SMILES string of the molecule is Cc1c(-c2cc(O)cc3ccccc23)ccc2c(N3CCNCC3=O)nc(OCC34CCCN3CCC4)nc12. The first-order valence-electron chi connectivity index (χ1n) is 13.9. The summed E-state index contributed by atoms with van der Waals surface area (Å²) in [7, 11) is 0. The third kappa shape index (κ3) is 4.10. The fourth-order valence-electron chi connectivity index (χ4n) is 6.87. The van der Waals surface area contributed by atoms with Crippen LogP contribution in [0.4, 0.5) is 5.82 Å². The van der Waals surface area contributed by atoms with Gasteiger partial charge in [-0.1, -0.05) is 30.3 Å². The number of aromatic hydroxyl groups is 1. The number of piperazine rings is 1. The summed E-state index contributed by atoms with van der Waals surface area (Å²) < 4.78 is 6.40. The summed E-state index contributed by atoms with van der Waals surface area (Å²) in [4.78, 5) is 27.1. The van der Waals surface area contributed by atoms with Gasteiger partial charge in [0.15, 0.2) is 5.82 Å². The number of hydrogen-bond donors (Lipinski definition) is 2. The predicted octanol–water partition coefficient (Wildman–Crippen LogP) is 4.41. The quantitative estimate of drug-likeness (QED) is 0.401. The number of aromatic nitrogens is 2. The van der Waals surface area contributed by atoms with Gasteiger partial charge in [0.2, 0.25) is 5.91 Å². The number of ether oxygens (including phenoxy) is 1. The van der Waals surface area contributed by atoms with E-state index in [1.165, 1.54) is 12.8 Å². The fourth-order valence-corrected chi connectivity index (χ4v) is 6.87. The summed E-state index contributed by atoms with van der Waals surface area (Å²) >= 11 is 0. The number of carbonyl (C=O) groups is 1. The first-order valence-corrected chi connectivity index (χ1v) is 13.9. The van der Waals surface area contributed by atoms with E-state index in [0.29, 0.717) is 31.5 Å². The number of hydrogen-bond acceptors (Lipinski definition) is 7. The van der Waals surface area contributed by atoms with Crippen molar-refractivity contribution in [1.29, 1.82) is 0 Å². The number of rotatable bonds is 5. The number of carbonyl (C=O) groups excluding carboxylic acids is 1. The second-order valence-electron chi connectivity index (χ2n) is 11.1. The summed E-state index contributed by atoms with van der Waals surface area (Å²) in [6.45, 7) is 6.39. The summed E-state index contributed by atoms with van der Waals surface area (Å²) in [6, 6.07) is 16.0. The molecule has 3 aliphatic heterocycles. The van der Waals surface area contributed by atoms with Crippen LogP contribution in [0, 0.1) is 6.92 Å². The number of phenols is 1. The maximum atomic E-state index is 13.0. The molecule has 0 aliphatic carbocycles. The lowest BCUT2D eigenvalue weighted by molar-refractivity contribution is -0.118. The van der Waals surface area contributed by atoms with Crippen molar-refractivity contribution in [3.8, 4) is 22.9 Å². The van der Waals surface area contributed by atoms with Crippen molar-refractivity contribution in [3.05, 3.63) is 54.1 Å². The van der Waals surface area contributed by atoms with Crippen LogP contribution in [0.5, 0.6) is 11.8 Å². The van der Waals surface area contributed by atoms with Crippen LogP contribution < -0.4 is 15.0 Å². The van der Waals surface area contributed by atoms with Gasteiger partial charge in [-0.2, -0.15) is 9.97 Å². The summed E-state index contributed by atoms with van der Waals surface area (Å²) in [5.41, 5.74) is 3.71. The number of nitrogens with zero attached hydrogens (tertiary/aromatic N) is 4. The standard InChI is InChI=1S/C31H33N5O3/c1-20-23(26-17-22(37)16-21-6-2-3-7-24(21)26)8-9-25-28(20)33-30(34-29(25)36-15-12-32-18-27(36)38)39-19-31-10-4-13-35(31)14-5-11-31/h2-3,6-9,16-17,32,37H,4-5,10-15,18-19H2,1H3. The minimum atomic E-state index is -0.00994. The van der Waals surface area contributed by atoms with Crippen LogP contribution in [-0.4, -0.2) is 70.8 Å². The zero-order valence-electron chi connectivity index (χ0n) is 22.2. The van der Waals surface area contributed by atoms with E-state index in [0.717, 1.165) is 64.3 Å². The first kappa shape index (κ1) is 24.3. The molecule has 8 heteroatoms. The van der Waals surface area contributed by atoms with E-state index in [9.17, 15) is 9.90 Å². The van der Waals surface area contributed by atoms with Gasteiger partial charge in [-0.15, -0.1) is 0 Å². The Morgan fingerprint density at radius 2 is 1.82 bits per heavy atom. The Hall–Kier alpha value is -3.75. The summed E-state index contributed by atoms with van der Waals surface area (Å²) in [5, 5.41) is 16.5. The van der Waals surface area contributed by atoms with E-state index in [1.807, 2.05) is 43.3 Å². The summed E-state index contributed by atoms with van der Waals surface area (Å²) in [6.07, 6.45) is 4.67. The second-order valence-corrected chi connectivity index (χ2v) is 11.1. The number of fused-ring (bicyclic) bond motifs is 3. The average Bonchev–Trinajstić information content (AvgIpc) is 3.53. The molecule has 0 spiro atoms. The van der Waals surface area contributed by atoms with Crippen molar-refractivity contribution >= 4 is 33.4 Å². The van der Waals surface area contributed by atoms with Crippen molar-refractivity contribution < 1.29 is 14.6 Å². The van der Waals surface area contributed by atoms with E-state index < -0.39 is 0 Å². The van der Waals surface area contributed by atoms with Crippen LogP contribution in [0.25, 0.3) is 32.8 Å². The van der Waals surface area contributed by atoms with Crippen molar-refractivity contribution in [2.75, 3.05) is 44.2 Å². The molecule has 3 saturated heterocycles. The van der Waals surface area contributed by atoms with Crippen molar-refractivity contribution in [2.45, 2.75) is 38.1 Å². The first-order chi connectivity index (χ1) is 19.0. The highest BCUT2D eigenvalue weighted by atomic mass is 16.5. The van der Waals surface area contributed by atoms with Gasteiger partial charge < -0.3 is 15.2 Å². The third-order valence-electron chi connectivity index (χ3n) is 8.84. The largest absolute Gasteiger partial charge is 0.508 e. The molecule has 4 heterocycles. The zero-order valence-corrected chi connectivity index (χ0v) is 22.2. The van der Waals surface area contributed by atoms with Gasteiger partial charge in [-0.25, -0.2) is 0 Å². The molecule has 7 rings (SSSR count). The minimum Gasteiger partial charge on any atom is -0.508 e. The lowest BCUT2D eigenvalue weighted by Gasteiger charge is -2.31. The van der Waals surface area contributed by atoms with Crippen LogP contribution in [0.1, 0.15) is 31.2 Å². The Bertz CT molecular complexity index is 1590. The van der Waals surface area contributed by atoms with E-state index in [2.05, 4.69) is 16.3 Å². The number of benzene rings is 3. The molecule has 0 unspecified atom stereocenters. The molecule has 1 amide bonds. The fraction of sp³-hybridized carbons (Fsp3) is 0.387. The Balaban J connectivity index is 1.37. The molecule has 0 atom stereocenters. The van der Waals surface area contributed by atoms with Gasteiger partial charge in [-0.05, 0) is 91.4 Å². The molecule has 0 saturated carbocycles. The van der Waals surface area contributed by atoms with Gasteiger partial charge in [0.25, 0.3) is 0 Å². The average molecular weight is 524 g/mol. The Kier molecular flexibility index (Phi) is 5.90.